The molecule has 3 fully saturated rings. The van der Waals surface area contributed by atoms with Gasteiger partial charge >= 0.3 is 0 Å². The van der Waals surface area contributed by atoms with Crippen molar-refractivity contribution in [1.82, 2.24) is 10.2 Å². The molecule has 3 saturated heterocycles. The maximum Gasteiger partial charge on any atom is 0.0213 e. The number of piperidine rings is 1. The minimum absolute atomic E-state index is 0.466. The molecule has 0 aromatic rings. The molecule has 14 heavy (non-hydrogen) atoms. The van der Waals surface area contributed by atoms with Gasteiger partial charge in [0.15, 0.2) is 0 Å². The van der Waals surface area contributed by atoms with Crippen LogP contribution in [0.15, 0.2) is 0 Å². The maximum absolute atomic E-state index is 3.61. The Morgan fingerprint density at radius 1 is 1.29 bits per heavy atom. The molecule has 0 radical (unpaired) electrons. The number of hydrogen-bond donors (Lipinski definition) is 1. The molecule has 0 amide bonds. The maximum atomic E-state index is 3.61. The first-order valence-electron chi connectivity index (χ1n) is 6.19. The van der Waals surface area contributed by atoms with E-state index in [9.17, 15) is 0 Å². The van der Waals surface area contributed by atoms with E-state index < -0.39 is 0 Å². The highest BCUT2D eigenvalue weighted by atomic mass is 15.3. The van der Waals surface area contributed by atoms with Gasteiger partial charge in [0.25, 0.3) is 0 Å². The third kappa shape index (κ3) is 1.70. The van der Waals surface area contributed by atoms with Gasteiger partial charge in [-0.05, 0) is 26.2 Å². The average Bonchev–Trinajstić information content (AvgIpc) is 2.17. The topological polar surface area (TPSA) is 15.3 Å². The number of nitrogens with one attached hydrogen (secondary N) is 1. The van der Waals surface area contributed by atoms with Crippen LogP contribution in [0.3, 0.4) is 0 Å². The van der Waals surface area contributed by atoms with Crippen molar-refractivity contribution in [2.75, 3.05) is 13.1 Å². The molecule has 2 bridgehead atoms. The van der Waals surface area contributed by atoms with E-state index in [4.69, 9.17) is 0 Å². The second-order valence-electron chi connectivity index (χ2n) is 5.30. The zero-order chi connectivity index (χ0) is 10.2. The van der Waals surface area contributed by atoms with Crippen LogP contribution in [0.4, 0.5) is 0 Å². The number of hydrogen-bond acceptors (Lipinski definition) is 2. The number of rotatable bonds is 4. The highest BCUT2D eigenvalue weighted by Crippen LogP contribution is 2.31. The third-order valence-electron chi connectivity index (χ3n) is 4.24. The molecule has 3 heterocycles. The second kappa shape index (κ2) is 3.82. The van der Waals surface area contributed by atoms with E-state index in [-0.39, 0.29) is 0 Å². The van der Waals surface area contributed by atoms with Gasteiger partial charge in [0.1, 0.15) is 0 Å². The Morgan fingerprint density at radius 2 is 1.86 bits per heavy atom. The predicted octanol–water partition coefficient (Wildman–Crippen LogP) is 2.00. The van der Waals surface area contributed by atoms with E-state index in [0.29, 0.717) is 5.54 Å². The Kier molecular flexibility index (Phi) is 2.85. The monoisotopic (exact) mass is 196 g/mol. The molecule has 82 valence electrons. The Hall–Kier alpha value is -0.0800. The molecule has 3 aliphatic rings. The zero-order valence-electron chi connectivity index (χ0n) is 9.84. The van der Waals surface area contributed by atoms with Crippen LogP contribution in [0, 0.1) is 0 Å². The van der Waals surface area contributed by atoms with Gasteiger partial charge in [0, 0.05) is 30.7 Å². The molecule has 2 nitrogen and oxygen atoms in total. The van der Waals surface area contributed by atoms with Gasteiger partial charge in [-0.15, -0.1) is 0 Å². The van der Waals surface area contributed by atoms with Crippen LogP contribution in [-0.4, -0.2) is 35.6 Å². The number of fused-ring (bicyclic) bond motifs is 2. The van der Waals surface area contributed by atoms with E-state index >= 15 is 0 Å². The quantitative estimate of drug-likeness (QED) is 0.740. The minimum atomic E-state index is 0.466. The highest BCUT2D eigenvalue weighted by Gasteiger charge is 2.42. The zero-order valence-corrected chi connectivity index (χ0v) is 9.84. The largest absolute Gasteiger partial charge is 0.309 e. The molecule has 0 saturated carbocycles. The fraction of sp³-hybridized carbons (Fsp3) is 1.00. The van der Waals surface area contributed by atoms with Crippen molar-refractivity contribution in [2.24, 2.45) is 0 Å². The third-order valence-corrected chi connectivity index (χ3v) is 4.24. The van der Waals surface area contributed by atoms with E-state index in [1.807, 2.05) is 0 Å². The Bertz CT molecular complexity index is 188. The molecule has 0 aromatic carbocycles. The van der Waals surface area contributed by atoms with Crippen LogP contribution < -0.4 is 5.32 Å². The standard InChI is InChI=1S/C12H24N2/c1-4-6-12(3,5-2)14-8-10-7-11(9-14)13-10/h10-11,13H,4-9H2,1-3H3. The van der Waals surface area contributed by atoms with E-state index in [2.05, 4.69) is 31.0 Å². The molecule has 2 heteroatoms. The van der Waals surface area contributed by atoms with Crippen molar-refractivity contribution in [3.05, 3.63) is 0 Å². The number of piperazine rings is 1. The van der Waals surface area contributed by atoms with Gasteiger partial charge in [-0.25, -0.2) is 0 Å². The van der Waals surface area contributed by atoms with Crippen LogP contribution >= 0.6 is 0 Å². The second-order valence-corrected chi connectivity index (χ2v) is 5.30. The van der Waals surface area contributed by atoms with Gasteiger partial charge in [-0.3, -0.25) is 4.90 Å². The van der Waals surface area contributed by atoms with Crippen molar-refractivity contribution in [3.8, 4) is 0 Å². The van der Waals surface area contributed by atoms with Crippen LogP contribution in [0.5, 0.6) is 0 Å². The SMILES string of the molecule is CCCC(C)(CC)N1CC2CC(C1)N2. The Morgan fingerprint density at radius 3 is 2.29 bits per heavy atom. The smallest absolute Gasteiger partial charge is 0.0213 e. The van der Waals surface area contributed by atoms with E-state index in [1.54, 1.807) is 0 Å². The fourth-order valence-electron chi connectivity index (χ4n) is 3.05. The van der Waals surface area contributed by atoms with Gasteiger partial charge in [-0.2, -0.15) is 0 Å². The lowest BCUT2D eigenvalue weighted by molar-refractivity contribution is -0.00638. The molecular weight excluding hydrogens is 172 g/mol. The molecule has 0 spiro atoms. The van der Waals surface area contributed by atoms with Crippen LogP contribution in [-0.2, 0) is 0 Å². The van der Waals surface area contributed by atoms with Crippen molar-refractivity contribution >= 4 is 0 Å². The summed E-state index contributed by atoms with van der Waals surface area (Å²) in [5.74, 6) is 0. The summed E-state index contributed by atoms with van der Waals surface area (Å²) in [4.78, 5) is 2.73. The summed E-state index contributed by atoms with van der Waals surface area (Å²) in [5.41, 5.74) is 0.466. The summed E-state index contributed by atoms with van der Waals surface area (Å²) in [6.45, 7) is 9.64. The van der Waals surface area contributed by atoms with Gasteiger partial charge in [0.05, 0.1) is 0 Å². The molecule has 3 rings (SSSR count). The summed E-state index contributed by atoms with van der Waals surface area (Å²) in [6, 6.07) is 1.60. The summed E-state index contributed by atoms with van der Waals surface area (Å²) in [7, 11) is 0. The van der Waals surface area contributed by atoms with Crippen molar-refractivity contribution in [1.29, 1.82) is 0 Å². The Labute approximate surface area is 88.1 Å². The lowest BCUT2D eigenvalue weighted by Gasteiger charge is -2.54. The normalized spacial score (nSPS) is 36.2. The lowest BCUT2D eigenvalue weighted by atomic mass is 9.83. The molecular formula is C12H24N2. The van der Waals surface area contributed by atoms with Gasteiger partial charge in [-0.1, -0.05) is 20.3 Å². The molecule has 3 aliphatic heterocycles. The molecule has 3 unspecified atom stereocenters. The highest BCUT2D eigenvalue weighted by molar-refractivity contribution is 5.02. The summed E-state index contributed by atoms with van der Waals surface area (Å²) in [5, 5.41) is 3.61. The van der Waals surface area contributed by atoms with E-state index in [0.717, 1.165) is 12.1 Å². The first-order chi connectivity index (χ1) is 6.68. The van der Waals surface area contributed by atoms with Gasteiger partial charge in [0.2, 0.25) is 0 Å². The fourth-order valence-corrected chi connectivity index (χ4v) is 3.05. The summed E-state index contributed by atoms with van der Waals surface area (Å²) >= 11 is 0. The summed E-state index contributed by atoms with van der Waals surface area (Å²) in [6.07, 6.45) is 5.37. The predicted molar refractivity (Wildman–Crippen MR) is 60.5 cm³/mol. The Balaban J connectivity index is 1.97. The van der Waals surface area contributed by atoms with Crippen LogP contribution in [0.25, 0.3) is 0 Å². The van der Waals surface area contributed by atoms with Gasteiger partial charge < -0.3 is 5.32 Å². The van der Waals surface area contributed by atoms with Crippen LogP contribution in [0.1, 0.15) is 46.5 Å². The molecule has 1 N–H and O–H groups in total. The minimum Gasteiger partial charge on any atom is -0.309 e. The molecule has 0 aromatic heterocycles. The first-order valence-corrected chi connectivity index (χ1v) is 6.19. The van der Waals surface area contributed by atoms with E-state index in [1.165, 1.54) is 38.8 Å². The van der Waals surface area contributed by atoms with Crippen molar-refractivity contribution in [3.63, 3.8) is 0 Å². The van der Waals surface area contributed by atoms with Crippen molar-refractivity contribution in [2.45, 2.75) is 64.1 Å². The molecule has 0 aliphatic carbocycles. The average molecular weight is 196 g/mol. The summed E-state index contributed by atoms with van der Waals surface area (Å²) < 4.78 is 0. The van der Waals surface area contributed by atoms with Crippen LogP contribution in [0.2, 0.25) is 0 Å². The molecule has 3 atom stereocenters. The lowest BCUT2D eigenvalue weighted by Crippen LogP contribution is -2.70. The number of nitrogens with zero attached hydrogens (tertiary/aromatic N) is 1. The van der Waals surface area contributed by atoms with Crippen molar-refractivity contribution < 1.29 is 0 Å². The first kappa shape index (κ1) is 10.4.